The van der Waals surface area contributed by atoms with Crippen LogP contribution in [-0.2, 0) is 4.79 Å². The number of nitriles is 1. The second-order valence-electron chi connectivity index (χ2n) is 8.56. The summed E-state index contributed by atoms with van der Waals surface area (Å²) in [7, 11) is 0. The number of hydrogen-bond acceptors (Lipinski definition) is 5. The maximum Gasteiger partial charge on any atom is 0.192 e. The molecule has 1 fully saturated rings. The van der Waals surface area contributed by atoms with Gasteiger partial charge in [-0.05, 0) is 32.8 Å². The van der Waals surface area contributed by atoms with Crippen LogP contribution in [0.4, 0.5) is 0 Å². The van der Waals surface area contributed by atoms with E-state index in [1.54, 1.807) is 19.1 Å². The predicted molar refractivity (Wildman–Crippen MR) is 116 cm³/mol. The topological polar surface area (TPSA) is 83.4 Å². The molecular weight excluding hydrogens is 376 g/mol. The van der Waals surface area contributed by atoms with Gasteiger partial charge in [-0.2, -0.15) is 5.26 Å². The third kappa shape index (κ3) is 3.52. The zero-order chi connectivity index (χ0) is 21.4. The standard InChI is InChI=1S/C25H26N2O3/c1-14-11-21(28)18-9-6-10-19(25(18)30-14)24-20(13-26)15(2)27-16(3)23(24)22(29)12-17-7-4-5-8-17/h6,9-11,17,20,24H,4-5,7-8,12H2,1-3H3. The minimum atomic E-state index is -0.576. The summed E-state index contributed by atoms with van der Waals surface area (Å²) in [4.78, 5) is 30.6. The normalized spacial score (nSPS) is 22.3. The lowest BCUT2D eigenvalue weighted by Crippen LogP contribution is -2.29. The highest BCUT2D eigenvalue weighted by atomic mass is 16.3. The Morgan fingerprint density at radius 3 is 2.67 bits per heavy atom. The van der Waals surface area contributed by atoms with Crippen molar-refractivity contribution in [1.29, 1.82) is 5.26 Å². The fraction of sp³-hybridized carbons (Fsp3) is 0.440. The van der Waals surface area contributed by atoms with E-state index in [9.17, 15) is 14.9 Å². The smallest absolute Gasteiger partial charge is 0.192 e. The third-order valence-electron chi connectivity index (χ3n) is 6.46. The summed E-state index contributed by atoms with van der Waals surface area (Å²) in [6, 6.07) is 9.22. The van der Waals surface area contributed by atoms with E-state index in [-0.39, 0.29) is 11.2 Å². The summed E-state index contributed by atoms with van der Waals surface area (Å²) in [5, 5.41) is 10.5. The summed E-state index contributed by atoms with van der Waals surface area (Å²) in [6.07, 6.45) is 4.99. The van der Waals surface area contributed by atoms with Crippen molar-refractivity contribution in [3.05, 3.63) is 57.1 Å². The van der Waals surface area contributed by atoms with Crippen molar-refractivity contribution < 1.29 is 9.21 Å². The first kappa shape index (κ1) is 20.3. The molecule has 1 aromatic heterocycles. The van der Waals surface area contributed by atoms with Crippen molar-refractivity contribution in [2.75, 3.05) is 0 Å². The highest BCUT2D eigenvalue weighted by Crippen LogP contribution is 2.43. The number of ketones is 1. The molecule has 154 valence electrons. The van der Waals surface area contributed by atoms with Crippen LogP contribution in [0.1, 0.15) is 63.2 Å². The average Bonchev–Trinajstić information content (AvgIpc) is 3.20. The third-order valence-corrected chi connectivity index (χ3v) is 6.46. The van der Waals surface area contributed by atoms with E-state index in [2.05, 4.69) is 11.1 Å². The molecule has 0 saturated heterocycles. The Morgan fingerprint density at radius 2 is 1.97 bits per heavy atom. The first-order chi connectivity index (χ1) is 14.4. The van der Waals surface area contributed by atoms with Gasteiger partial charge in [0.05, 0.1) is 17.4 Å². The lowest BCUT2D eigenvalue weighted by Gasteiger charge is -2.30. The van der Waals surface area contributed by atoms with Gasteiger partial charge in [0, 0.05) is 41.0 Å². The molecule has 0 spiro atoms. The van der Waals surface area contributed by atoms with Crippen LogP contribution in [0.5, 0.6) is 0 Å². The fourth-order valence-electron chi connectivity index (χ4n) is 5.05. The SMILES string of the molecule is CC1=NC(C)=C(C(=O)CC2CCCC2)C(c2cccc3c(=O)cc(C)oc23)C1C#N. The lowest BCUT2D eigenvalue weighted by molar-refractivity contribution is -0.116. The van der Waals surface area contributed by atoms with Gasteiger partial charge >= 0.3 is 0 Å². The van der Waals surface area contributed by atoms with Crippen molar-refractivity contribution >= 4 is 22.5 Å². The Morgan fingerprint density at radius 1 is 1.23 bits per heavy atom. The second-order valence-corrected chi connectivity index (χ2v) is 8.56. The van der Waals surface area contributed by atoms with Crippen LogP contribution in [0, 0.1) is 30.1 Å². The molecule has 0 radical (unpaired) electrons. The number of aryl methyl sites for hydroxylation is 1. The molecular formula is C25H26N2O3. The van der Waals surface area contributed by atoms with E-state index in [1.807, 2.05) is 19.9 Å². The maximum absolute atomic E-state index is 13.5. The molecule has 2 unspecified atom stereocenters. The Bertz CT molecular complexity index is 1170. The van der Waals surface area contributed by atoms with Crippen molar-refractivity contribution in [3.63, 3.8) is 0 Å². The first-order valence-electron chi connectivity index (χ1n) is 10.6. The minimum absolute atomic E-state index is 0.0629. The van der Waals surface area contributed by atoms with Gasteiger partial charge in [-0.25, -0.2) is 0 Å². The molecule has 2 heterocycles. The number of aliphatic imine (C=N–C) groups is 1. The maximum atomic E-state index is 13.5. The summed E-state index contributed by atoms with van der Waals surface area (Å²) < 4.78 is 5.97. The van der Waals surface area contributed by atoms with Gasteiger partial charge in [0.2, 0.25) is 0 Å². The van der Waals surface area contributed by atoms with Crippen LogP contribution in [-0.4, -0.2) is 11.5 Å². The molecule has 2 aromatic rings. The number of para-hydroxylation sites is 1. The van der Waals surface area contributed by atoms with Crippen molar-refractivity contribution in [2.24, 2.45) is 16.8 Å². The van der Waals surface area contributed by atoms with Crippen LogP contribution >= 0.6 is 0 Å². The molecule has 5 nitrogen and oxygen atoms in total. The first-order valence-corrected chi connectivity index (χ1v) is 10.6. The molecule has 2 aliphatic rings. The number of Topliss-reactive ketones (excluding diaryl/α,β-unsaturated/α-hetero) is 1. The van der Waals surface area contributed by atoms with Crippen molar-refractivity contribution in [3.8, 4) is 6.07 Å². The average molecular weight is 402 g/mol. The summed E-state index contributed by atoms with van der Waals surface area (Å²) in [5.74, 6) is -0.0940. The summed E-state index contributed by atoms with van der Waals surface area (Å²) in [6.45, 7) is 5.41. The zero-order valence-electron chi connectivity index (χ0n) is 17.7. The monoisotopic (exact) mass is 402 g/mol. The van der Waals surface area contributed by atoms with Crippen LogP contribution in [0.25, 0.3) is 11.0 Å². The molecule has 0 N–H and O–H groups in total. The Hall–Kier alpha value is -3.00. The number of benzene rings is 1. The predicted octanol–water partition coefficient (Wildman–Crippen LogP) is 5.22. The molecule has 2 atom stereocenters. The van der Waals surface area contributed by atoms with Crippen molar-refractivity contribution in [1.82, 2.24) is 0 Å². The zero-order valence-corrected chi connectivity index (χ0v) is 17.7. The lowest BCUT2D eigenvalue weighted by atomic mass is 9.73. The number of hydrogen-bond donors (Lipinski definition) is 0. The molecule has 0 bridgehead atoms. The summed E-state index contributed by atoms with van der Waals surface area (Å²) >= 11 is 0. The highest BCUT2D eigenvalue weighted by molar-refractivity contribution is 6.03. The molecule has 1 aromatic carbocycles. The van der Waals surface area contributed by atoms with Crippen LogP contribution in [0.15, 0.2) is 49.7 Å². The largest absolute Gasteiger partial charge is 0.461 e. The molecule has 1 aliphatic carbocycles. The van der Waals surface area contributed by atoms with Crippen LogP contribution in [0.3, 0.4) is 0 Å². The van der Waals surface area contributed by atoms with Crippen LogP contribution in [0.2, 0.25) is 0 Å². The van der Waals surface area contributed by atoms with Gasteiger partial charge < -0.3 is 4.42 Å². The molecule has 30 heavy (non-hydrogen) atoms. The Kier molecular flexibility index (Phi) is 5.42. The number of carbonyl (C=O) groups is 1. The number of nitrogens with zero attached hydrogens (tertiary/aromatic N) is 2. The van der Waals surface area contributed by atoms with E-state index in [1.165, 1.54) is 18.9 Å². The van der Waals surface area contributed by atoms with E-state index in [0.29, 0.717) is 51.6 Å². The number of rotatable bonds is 4. The molecule has 1 aliphatic heterocycles. The molecule has 4 rings (SSSR count). The Balaban J connectivity index is 1.90. The second kappa shape index (κ2) is 8.02. The fourth-order valence-corrected chi connectivity index (χ4v) is 5.05. The van der Waals surface area contributed by atoms with E-state index >= 15 is 0 Å². The van der Waals surface area contributed by atoms with Gasteiger partial charge in [0.15, 0.2) is 11.2 Å². The van der Waals surface area contributed by atoms with Gasteiger partial charge in [0.1, 0.15) is 11.3 Å². The quantitative estimate of drug-likeness (QED) is 0.702. The van der Waals surface area contributed by atoms with Gasteiger partial charge in [-0.3, -0.25) is 14.6 Å². The Labute approximate surface area is 176 Å². The molecule has 1 saturated carbocycles. The number of carbonyl (C=O) groups excluding carboxylic acids is 1. The highest BCUT2D eigenvalue weighted by Gasteiger charge is 2.39. The van der Waals surface area contributed by atoms with Gasteiger partial charge in [-0.15, -0.1) is 0 Å². The van der Waals surface area contributed by atoms with Crippen molar-refractivity contribution in [2.45, 2.75) is 58.8 Å². The number of fused-ring (bicyclic) bond motifs is 1. The van der Waals surface area contributed by atoms with E-state index in [4.69, 9.17) is 4.42 Å². The van der Waals surface area contributed by atoms with E-state index < -0.39 is 11.8 Å². The van der Waals surface area contributed by atoms with E-state index in [0.717, 1.165) is 12.8 Å². The molecule has 5 heteroatoms. The molecule has 0 amide bonds. The van der Waals surface area contributed by atoms with Crippen LogP contribution < -0.4 is 5.43 Å². The van der Waals surface area contributed by atoms with Gasteiger partial charge in [0.25, 0.3) is 0 Å². The van der Waals surface area contributed by atoms with Gasteiger partial charge in [-0.1, -0.05) is 37.8 Å². The minimum Gasteiger partial charge on any atom is -0.461 e. The number of allylic oxidation sites excluding steroid dienone is 2. The summed E-state index contributed by atoms with van der Waals surface area (Å²) in [5.41, 5.74) is 2.99.